The monoisotopic (exact) mass is 385 g/mol. The van der Waals surface area contributed by atoms with Crippen LogP contribution in [0.4, 0.5) is 0 Å². The van der Waals surface area contributed by atoms with E-state index in [-0.39, 0.29) is 11.7 Å². The van der Waals surface area contributed by atoms with Crippen molar-refractivity contribution in [2.24, 2.45) is 0 Å². The first-order valence-corrected chi connectivity index (χ1v) is 9.78. The summed E-state index contributed by atoms with van der Waals surface area (Å²) < 4.78 is 13.0. The van der Waals surface area contributed by atoms with Crippen LogP contribution in [0.25, 0.3) is 11.3 Å². The maximum absolute atomic E-state index is 12.1. The quantitative estimate of drug-likeness (QED) is 0.871. The Morgan fingerprint density at radius 1 is 1.29 bits per heavy atom. The predicted molar refractivity (Wildman–Crippen MR) is 107 cm³/mol. The lowest BCUT2D eigenvalue weighted by atomic mass is 9.93. The number of carbonyl (C=O) groups is 1. The molecule has 1 N–H and O–H groups in total. The molecule has 0 spiro atoms. The molecule has 2 aromatic rings. The minimum atomic E-state index is -1.19. The molecule has 0 saturated heterocycles. The maximum Gasteiger partial charge on any atom is 0.341 e. The van der Waals surface area contributed by atoms with E-state index in [2.05, 4.69) is 26.0 Å². The first-order valence-electron chi connectivity index (χ1n) is 9.78. The van der Waals surface area contributed by atoms with E-state index >= 15 is 0 Å². The van der Waals surface area contributed by atoms with Gasteiger partial charge in [-0.15, -0.1) is 0 Å². The number of methoxy groups -OCH3 is 1. The van der Waals surface area contributed by atoms with Crippen molar-refractivity contribution < 1.29 is 19.4 Å². The van der Waals surface area contributed by atoms with Gasteiger partial charge in [0.15, 0.2) is 5.43 Å². The summed E-state index contributed by atoms with van der Waals surface area (Å²) in [6, 6.07) is 5.59. The number of hydrogen-bond acceptors (Lipinski definition) is 4. The molecule has 2 aliphatic heterocycles. The number of aromatic carboxylic acids is 1. The zero-order valence-electron chi connectivity index (χ0n) is 16.7. The fourth-order valence-corrected chi connectivity index (χ4v) is 3.65. The van der Waals surface area contributed by atoms with Crippen LogP contribution in [0.3, 0.4) is 0 Å². The fraction of sp³-hybridized carbons (Fsp3) is 0.455. The van der Waals surface area contributed by atoms with Crippen molar-refractivity contribution in [1.29, 1.82) is 0 Å². The van der Waals surface area contributed by atoms with Gasteiger partial charge in [-0.05, 0) is 29.7 Å². The summed E-state index contributed by atoms with van der Waals surface area (Å²) in [6.07, 6.45) is 5.27. The molecule has 150 valence electrons. The molecule has 1 atom stereocenters. The lowest BCUT2D eigenvalue weighted by Gasteiger charge is -2.23. The van der Waals surface area contributed by atoms with Crippen LogP contribution < -0.4 is 10.2 Å². The van der Waals surface area contributed by atoms with E-state index in [4.69, 9.17) is 14.6 Å². The number of carboxylic acids is 1. The van der Waals surface area contributed by atoms with Crippen LogP contribution in [-0.2, 0) is 24.1 Å². The van der Waals surface area contributed by atoms with Gasteiger partial charge in [0.25, 0.3) is 0 Å². The van der Waals surface area contributed by atoms with E-state index < -0.39 is 11.4 Å². The smallest absolute Gasteiger partial charge is 0.341 e. The zero-order valence-corrected chi connectivity index (χ0v) is 16.7. The minimum Gasteiger partial charge on any atom is -0.490 e. The molecule has 6 nitrogen and oxygen atoms in total. The van der Waals surface area contributed by atoms with Crippen molar-refractivity contribution in [3.63, 3.8) is 0 Å². The molecule has 0 aliphatic carbocycles. The number of rotatable bonds is 4. The first kappa shape index (κ1) is 20.1. The van der Waals surface area contributed by atoms with Crippen LogP contribution in [-0.4, -0.2) is 35.5 Å². The van der Waals surface area contributed by atoms with Gasteiger partial charge < -0.3 is 19.1 Å². The Balaban J connectivity index is 0.000000706. The molecule has 3 heterocycles. The molecule has 2 aliphatic rings. The van der Waals surface area contributed by atoms with Crippen molar-refractivity contribution in [2.75, 3.05) is 13.7 Å². The van der Waals surface area contributed by atoms with Gasteiger partial charge in [-0.2, -0.15) is 0 Å². The van der Waals surface area contributed by atoms with Crippen molar-refractivity contribution in [3.05, 3.63) is 51.3 Å². The van der Waals surface area contributed by atoms with Crippen LogP contribution >= 0.6 is 0 Å². The summed E-state index contributed by atoms with van der Waals surface area (Å²) in [5, 5.41) is 9.15. The fourth-order valence-electron chi connectivity index (χ4n) is 3.65. The molecule has 0 amide bonds. The zero-order chi connectivity index (χ0) is 20.3. The Labute approximate surface area is 164 Å². The molecule has 1 unspecified atom stereocenters. The third-order valence-corrected chi connectivity index (χ3v) is 4.93. The normalized spacial score (nSPS) is 16.2. The molecular formula is C22H27NO5. The Hall–Kier alpha value is -2.60. The van der Waals surface area contributed by atoms with Crippen molar-refractivity contribution >= 4 is 5.97 Å². The third-order valence-electron chi connectivity index (χ3n) is 4.93. The topological polar surface area (TPSA) is 77.8 Å². The molecule has 0 bridgehead atoms. The predicted octanol–water partition coefficient (Wildman–Crippen LogP) is 3.53. The van der Waals surface area contributed by atoms with Gasteiger partial charge in [0.05, 0.1) is 5.69 Å². The lowest BCUT2D eigenvalue weighted by molar-refractivity contribution is 0.0694. The van der Waals surface area contributed by atoms with Gasteiger partial charge in [0, 0.05) is 50.9 Å². The molecule has 1 aromatic carbocycles. The summed E-state index contributed by atoms with van der Waals surface area (Å²) in [4.78, 5) is 23.3. The average molecular weight is 385 g/mol. The van der Waals surface area contributed by atoms with E-state index in [1.807, 2.05) is 4.57 Å². The highest BCUT2D eigenvalue weighted by molar-refractivity contribution is 5.87. The van der Waals surface area contributed by atoms with Crippen LogP contribution in [0, 0.1) is 0 Å². The molecule has 0 fully saturated rings. The minimum absolute atomic E-state index is 0.121. The van der Waals surface area contributed by atoms with Crippen molar-refractivity contribution in [2.45, 2.75) is 52.2 Å². The summed E-state index contributed by atoms with van der Waals surface area (Å²) in [5.41, 5.74) is 3.39. The number of aryl methyl sites for hydroxylation is 2. The molecular weight excluding hydrogens is 358 g/mol. The average Bonchev–Trinajstić information content (AvgIpc) is 3.06. The Morgan fingerprint density at radius 2 is 2.04 bits per heavy atom. The van der Waals surface area contributed by atoms with Gasteiger partial charge in [0.2, 0.25) is 0 Å². The third kappa shape index (κ3) is 3.97. The molecule has 0 saturated carbocycles. The van der Waals surface area contributed by atoms with Crippen molar-refractivity contribution in [1.82, 2.24) is 4.57 Å². The summed E-state index contributed by atoms with van der Waals surface area (Å²) >= 11 is 0. The summed E-state index contributed by atoms with van der Waals surface area (Å²) in [5.74, 6) is -0.271. The van der Waals surface area contributed by atoms with E-state index in [1.165, 1.54) is 18.7 Å². The van der Waals surface area contributed by atoms with Gasteiger partial charge >= 0.3 is 5.97 Å². The van der Waals surface area contributed by atoms with Crippen LogP contribution in [0.2, 0.25) is 0 Å². The Bertz CT molecular complexity index is 931. The highest BCUT2D eigenvalue weighted by Crippen LogP contribution is 2.38. The van der Waals surface area contributed by atoms with Crippen LogP contribution in [0.15, 0.2) is 29.2 Å². The first-order chi connectivity index (χ1) is 13.5. The second-order valence-electron chi connectivity index (χ2n) is 7.23. The summed E-state index contributed by atoms with van der Waals surface area (Å²) in [7, 11) is 1.68. The molecule has 28 heavy (non-hydrogen) atoms. The largest absolute Gasteiger partial charge is 0.490 e. The standard InChI is InChI=1S/C19H19NO5.C3H8/c1-24-5-3-13-6-12-7-14-11(8-18(12)25-13)2-4-20-10-15(19(22)23)17(21)9-16(14)20;1-3-2/h7-10,13H,2-6H2,1H3,(H,22,23);3H2,1-2H3. The second-order valence-corrected chi connectivity index (χ2v) is 7.23. The van der Waals surface area contributed by atoms with Crippen molar-refractivity contribution in [3.8, 4) is 17.0 Å². The SMILES string of the molecule is CCC.COCCC1Cc2cc3c(cc2O1)CCn1cc(C(=O)O)c(=O)cc1-3. The number of benzene rings is 1. The molecule has 0 radical (unpaired) electrons. The second kappa shape index (κ2) is 8.61. The number of carboxylic acid groups (broad SMARTS) is 1. The van der Waals surface area contributed by atoms with Crippen LogP contribution in [0.5, 0.6) is 5.75 Å². The highest BCUT2D eigenvalue weighted by Gasteiger charge is 2.27. The van der Waals surface area contributed by atoms with E-state index in [0.29, 0.717) is 13.2 Å². The number of nitrogens with zero attached hydrogens (tertiary/aromatic N) is 1. The summed E-state index contributed by atoms with van der Waals surface area (Å²) in [6.45, 7) is 5.56. The molecule has 6 heteroatoms. The van der Waals surface area contributed by atoms with Gasteiger partial charge in [0.1, 0.15) is 17.4 Å². The van der Waals surface area contributed by atoms with E-state index in [0.717, 1.165) is 47.4 Å². The van der Waals surface area contributed by atoms with E-state index in [1.54, 1.807) is 7.11 Å². The van der Waals surface area contributed by atoms with Gasteiger partial charge in [-0.3, -0.25) is 4.79 Å². The number of ether oxygens (including phenoxy) is 2. The number of fused-ring (bicyclic) bond motifs is 4. The number of aromatic nitrogens is 1. The highest BCUT2D eigenvalue weighted by atomic mass is 16.5. The van der Waals surface area contributed by atoms with Gasteiger partial charge in [-0.1, -0.05) is 20.3 Å². The van der Waals surface area contributed by atoms with Gasteiger partial charge in [-0.25, -0.2) is 4.79 Å². The number of hydrogen-bond donors (Lipinski definition) is 1. The van der Waals surface area contributed by atoms with Crippen LogP contribution in [0.1, 0.15) is 48.2 Å². The lowest BCUT2D eigenvalue weighted by Crippen LogP contribution is -2.21. The Kier molecular flexibility index (Phi) is 6.19. The molecule has 1 aromatic heterocycles. The molecule has 4 rings (SSSR count). The Morgan fingerprint density at radius 3 is 2.71 bits per heavy atom. The number of pyridine rings is 1. The van der Waals surface area contributed by atoms with E-state index in [9.17, 15) is 9.59 Å². The maximum atomic E-state index is 12.1.